The Morgan fingerprint density at radius 2 is 1.10 bits per heavy atom. The number of hydrogen-bond acceptors (Lipinski definition) is 13. The Bertz CT molecular complexity index is 2780. The third-order valence-corrected chi connectivity index (χ3v) is 13.0. The number of benzene rings is 4. The van der Waals surface area contributed by atoms with E-state index in [-0.39, 0.29) is 44.4 Å². The number of aryl methyl sites for hydroxylation is 1. The lowest BCUT2D eigenvalue weighted by Gasteiger charge is -2.22. The molecule has 0 saturated carbocycles. The number of nitrogens with one attached hydrogen (secondary N) is 1. The average molecular weight is 1020 g/mol. The van der Waals surface area contributed by atoms with E-state index in [4.69, 9.17) is 51.6 Å². The first-order valence-electron chi connectivity index (χ1n) is 22.9. The fourth-order valence-electron chi connectivity index (χ4n) is 7.97. The molecule has 0 aliphatic rings. The number of halogens is 2. The predicted octanol–water partition coefficient (Wildman–Crippen LogP) is 10.4. The molecule has 4 aromatic carbocycles. The molecule has 2 heterocycles. The summed E-state index contributed by atoms with van der Waals surface area (Å²) in [6, 6.07) is 25.3. The summed E-state index contributed by atoms with van der Waals surface area (Å²) >= 11 is 13.7. The van der Waals surface area contributed by atoms with Gasteiger partial charge in [0.1, 0.15) is 67.6 Å². The summed E-state index contributed by atoms with van der Waals surface area (Å²) in [5.74, 6) is -1.26. The molecule has 0 spiro atoms. The van der Waals surface area contributed by atoms with E-state index in [0.29, 0.717) is 67.8 Å². The first-order chi connectivity index (χ1) is 34.6. The Balaban J connectivity index is 1.22. The van der Waals surface area contributed by atoms with Crippen molar-refractivity contribution >= 4 is 35.1 Å². The van der Waals surface area contributed by atoms with Crippen LogP contribution in [0.1, 0.15) is 75.9 Å². The number of nitriles is 2. The van der Waals surface area contributed by atoms with E-state index in [1.165, 1.54) is 26.6 Å². The molecule has 4 atom stereocenters. The minimum atomic E-state index is -1.08. The van der Waals surface area contributed by atoms with Crippen LogP contribution in [0.4, 0.5) is 0 Å². The minimum absolute atomic E-state index is 0.0664. The molecule has 0 radical (unpaired) electrons. The van der Waals surface area contributed by atoms with Crippen molar-refractivity contribution in [3.63, 3.8) is 0 Å². The number of pyridine rings is 2. The molecule has 2 aromatic heterocycles. The zero-order valence-corrected chi connectivity index (χ0v) is 42.2. The van der Waals surface area contributed by atoms with Gasteiger partial charge in [-0.05, 0) is 104 Å². The van der Waals surface area contributed by atoms with Gasteiger partial charge in [0.25, 0.3) is 0 Å². The van der Waals surface area contributed by atoms with Gasteiger partial charge in [-0.2, -0.15) is 10.5 Å². The quantitative estimate of drug-likeness (QED) is 0.0486. The van der Waals surface area contributed by atoms with E-state index in [1.807, 2.05) is 50.2 Å². The lowest BCUT2D eigenvalue weighted by Crippen LogP contribution is -2.45. The largest absolute Gasteiger partial charge is 0.488 e. The molecule has 6 rings (SSSR count). The molecule has 3 N–H and O–H groups in total. The molecule has 15 nitrogen and oxygen atoms in total. The normalized spacial score (nSPS) is 12.7. The second-order valence-corrected chi connectivity index (χ2v) is 17.9. The van der Waals surface area contributed by atoms with Crippen molar-refractivity contribution in [1.29, 1.82) is 10.5 Å². The molecular weight excluding hydrogens is 962 g/mol. The number of aliphatic carboxylic acids is 2. The van der Waals surface area contributed by atoms with Gasteiger partial charge >= 0.3 is 11.9 Å². The van der Waals surface area contributed by atoms with Crippen molar-refractivity contribution < 1.29 is 48.2 Å². The third kappa shape index (κ3) is 14.0. The number of carboxylic acid groups (broad SMARTS) is 2. The second kappa shape index (κ2) is 25.7. The van der Waals surface area contributed by atoms with Gasteiger partial charge in [-0.15, -0.1) is 0 Å². The van der Waals surface area contributed by atoms with Crippen LogP contribution in [0.3, 0.4) is 0 Å². The highest BCUT2D eigenvalue weighted by Gasteiger charge is 2.27. The Hall–Kier alpha value is -7.24. The topological polar surface area (TPSA) is 215 Å². The van der Waals surface area contributed by atoms with Crippen molar-refractivity contribution in [3.05, 3.63) is 163 Å². The number of methoxy groups -OCH3 is 2. The molecule has 0 aliphatic carbocycles. The average Bonchev–Trinajstić information content (AvgIpc) is 3.37. The van der Waals surface area contributed by atoms with E-state index in [2.05, 4.69) is 27.4 Å². The summed E-state index contributed by atoms with van der Waals surface area (Å²) < 4.78 is 36.0. The molecular formula is C55H55Cl2N5O10. The number of carbonyl (C=O) groups is 2. The lowest BCUT2D eigenvalue weighted by molar-refractivity contribution is -0.146. The van der Waals surface area contributed by atoms with Crippen molar-refractivity contribution in [2.24, 2.45) is 5.92 Å². The fourth-order valence-corrected chi connectivity index (χ4v) is 8.45. The fraction of sp³-hybridized carbons (Fsp3) is 0.309. The van der Waals surface area contributed by atoms with Crippen molar-refractivity contribution in [2.75, 3.05) is 14.2 Å². The highest BCUT2D eigenvalue weighted by molar-refractivity contribution is 6.32. The maximum absolute atomic E-state index is 12.1. The van der Waals surface area contributed by atoms with Crippen LogP contribution >= 0.6 is 23.2 Å². The number of rotatable bonds is 25. The Kier molecular flexibility index (Phi) is 19.3. The van der Waals surface area contributed by atoms with Gasteiger partial charge in [0.2, 0.25) is 0 Å². The van der Waals surface area contributed by atoms with Gasteiger partial charge in [-0.1, -0.05) is 59.6 Å². The summed E-state index contributed by atoms with van der Waals surface area (Å²) in [7, 11) is 2.92. The van der Waals surface area contributed by atoms with Crippen LogP contribution in [0, 0.1) is 42.4 Å². The Morgan fingerprint density at radius 3 is 1.56 bits per heavy atom. The Labute approximate surface area is 428 Å². The van der Waals surface area contributed by atoms with E-state index in [0.717, 1.165) is 33.4 Å². The summed E-state index contributed by atoms with van der Waals surface area (Å²) in [5, 5.41) is 42.2. The van der Waals surface area contributed by atoms with Crippen LogP contribution in [0.2, 0.25) is 10.0 Å². The smallest absolute Gasteiger partial charge is 0.323 e. The Morgan fingerprint density at radius 1 is 0.625 bits per heavy atom. The first-order valence-corrected chi connectivity index (χ1v) is 23.7. The van der Waals surface area contributed by atoms with Crippen LogP contribution in [-0.2, 0) is 58.5 Å². The van der Waals surface area contributed by atoms with Crippen LogP contribution in [0.25, 0.3) is 11.1 Å². The third-order valence-electron chi connectivity index (χ3n) is 12.4. The lowest BCUT2D eigenvalue weighted by atomic mass is 9.92. The van der Waals surface area contributed by atoms with Gasteiger partial charge in [-0.3, -0.25) is 24.9 Å². The van der Waals surface area contributed by atoms with Gasteiger partial charge in [0, 0.05) is 74.4 Å². The van der Waals surface area contributed by atoms with E-state index < -0.39 is 36.1 Å². The van der Waals surface area contributed by atoms with Crippen LogP contribution in [0.5, 0.6) is 23.0 Å². The number of carboxylic acids is 2. The maximum Gasteiger partial charge on any atom is 0.323 e. The summed E-state index contributed by atoms with van der Waals surface area (Å²) in [5.41, 5.74) is 9.09. The molecule has 17 heteroatoms. The molecule has 0 fully saturated rings. The molecule has 0 amide bonds. The van der Waals surface area contributed by atoms with Gasteiger partial charge in [0.15, 0.2) is 0 Å². The zero-order chi connectivity index (χ0) is 51.9. The summed E-state index contributed by atoms with van der Waals surface area (Å²) in [6.07, 6.45) is 5.59. The SMILES string of the molecule is CO[C@H](C)[C@H](CCc1cc(Cl)c(OCc2cccc(-c3cccc(COc4cc(OCc5cncc(C#N)c5)c(CN[C@H](C(=O)O)[C@@H](C)OC)cc4Cl)c3C)c2C)cc1OCc1cncc(C#N)c1)C(=O)O. The van der Waals surface area contributed by atoms with E-state index in [9.17, 15) is 30.3 Å². The molecule has 374 valence electrons. The minimum Gasteiger partial charge on any atom is -0.488 e. The highest BCUT2D eigenvalue weighted by Crippen LogP contribution is 2.38. The summed E-state index contributed by atoms with van der Waals surface area (Å²) in [4.78, 5) is 32.4. The van der Waals surface area contributed by atoms with Crippen molar-refractivity contribution in [2.45, 2.75) is 91.8 Å². The monoisotopic (exact) mass is 1020 g/mol. The standard InChI is InChI=1S/C55H55Cl2N5O10/c1-32-41(30-71-51-19-49(69-28-38-15-36(21-58)23-60-25-38)40(17-47(51)56)13-14-46(54(63)64)34(3)67-5)9-7-11-44(32)45-12-8-10-42(33(45)2)31-72-52-20-50(70-29-39-16-37(22-59)24-61-26-39)43(18-48(52)57)27-62-53(55(65)66)35(4)68-6/h7-12,15-20,23-26,34-35,46,53,62H,13-14,27-31H2,1-6H3,(H,63,64)(H,65,66)/t34-,35-,46+,53+/m1/s1. The van der Waals surface area contributed by atoms with Crippen molar-refractivity contribution in [1.82, 2.24) is 15.3 Å². The molecule has 6 aromatic rings. The van der Waals surface area contributed by atoms with Crippen molar-refractivity contribution in [3.8, 4) is 46.3 Å². The molecule has 0 unspecified atom stereocenters. The zero-order valence-electron chi connectivity index (χ0n) is 40.7. The van der Waals surface area contributed by atoms with Gasteiger partial charge in [-0.25, -0.2) is 0 Å². The summed E-state index contributed by atoms with van der Waals surface area (Å²) in [6.45, 7) is 7.99. The van der Waals surface area contributed by atoms with Crippen LogP contribution in [0.15, 0.2) is 97.6 Å². The maximum atomic E-state index is 12.1. The molecule has 0 bridgehead atoms. The number of hydrogen-bond donors (Lipinski definition) is 3. The van der Waals surface area contributed by atoms with Crippen LogP contribution in [-0.4, -0.2) is 64.6 Å². The van der Waals surface area contributed by atoms with E-state index in [1.54, 1.807) is 62.6 Å². The van der Waals surface area contributed by atoms with Crippen LogP contribution < -0.4 is 24.3 Å². The molecule has 0 aliphatic heterocycles. The molecule has 72 heavy (non-hydrogen) atoms. The second-order valence-electron chi connectivity index (χ2n) is 17.1. The number of aromatic nitrogens is 2. The van der Waals surface area contributed by atoms with E-state index >= 15 is 0 Å². The first kappa shape index (κ1) is 54.1. The van der Waals surface area contributed by atoms with Gasteiger partial charge in [0.05, 0.1) is 39.3 Å². The van der Waals surface area contributed by atoms with Gasteiger partial charge < -0.3 is 38.6 Å². The predicted molar refractivity (Wildman–Crippen MR) is 270 cm³/mol. The molecule has 0 saturated heterocycles. The number of ether oxygens (including phenoxy) is 6. The number of nitrogens with zero attached hydrogens (tertiary/aromatic N) is 4. The highest BCUT2D eigenvalue weighted by atomic mass is 35.5.